The van der Waals surface area contributed by atoms with E-state index < -0.39 is 0 Å². The molecule has 0 saturated carbocycles. The molecule has 0 spiro atoms. The molecule has 0 bridgehead atoms. The van der Waals surface area contributed by atoms with Crippen molar-refractivity contribution in [3.8, 4) is 0 Å². The van der Waals surface area contributed by atoms with Crippen LogP contribution in [0.1, 0.15) is 21.5 Å². The molecule has 0 unspecified atom stereocenters. The van der Waals surface area contributed by atoms with Gasteiger partial charge in [-0.05, 0) is 64.9 Å². The zero-order chi connectivity index (χ0) is 14.7. The molecule has 0 aliphatic carbocycles. The highest BCUT2D eigenvalue weighted by molar-refractivity contribution is 14.1. The van der Waals surface area contributed by atoms with Crippen LogP contribution in [0, 0.1) is 16.3 Å². The fourth-order valence-electron chi connectivity index (χ4n) is 1.73. The lowest BCUT2D eigenvalue weighted by Crippen LogP contribution is -2.12. The predicted octanol–water partition coefficient (Wildman–Crippen LogP) is 3.45. The Kier molecular flexibility index (Phi) is 4.72. The topological polar surface area (TPSA) is 55.1 Å². The molecule has 20 heavy (non-hydrogen) atoms. The summed E-state index contributed by atoms with van der Waals surface area (Å²) < 4.78 is 14.4. The number of nitrogens with one attached hydrogen (secondary N) is 1. The lowest BCUT2D eigenvalue weighted by atomic mass is 10.1. The fraction of sp³-hybridized carbons (Fsp3) is 0.133. The summed E-state index contributed by atoms with van der Waals surface area (Å²) in [7, 11) is 0. The zero-order valence-corrected chi connectivity index (χ0v) is 13.1. The van der Waals surface area contributed by atoms with Crippen molar-refractivity contribution >= 4 is 34.2 Å². The SMILES string of the molecule is Cc1ccc(C(=O)Nc2ccc(CN)c(I)c2)cc1F. The van der Waals surface area contributed by atoms with Crippen LogP contribution in [0.25, 0.3) is 0 Å². The minimum Gasteiger partial charge on any atom is -0.326 e. The number of carbonyl (C=O) groups is 1. The van der Waals surface area contributed by atoms with Crippen LogP contribution in [-0.2, 0) is 6.54 Å². The van der Waals surface area contributed by atoms with Gasteiger partial charge in [-0.3, -0.25) is 4.79 Å². The van der Waals surface area contributed by atoms with Crippen LogP contribution in [0.4, 0.5) is 10.1 Å². The molecule has 0 aromatic heterocycles. The number of halogens is 2. The molecule has 1 amide bonds. The number of amides is 1. The van der Waals surface area contributed by atoms with E-state index >= 15 is 0 Å². The summed E-state index contributed by atoms with van der Waals surface area (Å²) in [5.74, 6) is -0.717. The highest BCUT2D eigenvalue weighted by Crippen LogP contribution is 2.19. The average Bonchev–Trinajstić information content (AvgIpc) is 2.42. The summed E-state index contributed by atoms with van der Waals surface area (Å²) in [5.41, 5.74) is 8.09. The summed E-state index contributed by atoms with van der Waals surface area (Å²) >= 11 is 2.17. The summed E-state index contributed by atoms with van der Waals surface area (Å²) in [6, 6.07) is 9.92. The number of nitrogens with two attached hydrogens (primary N) is 1. The maximum absolute atomic E-state index is 13.4. The van der Waals surface area contributed by atoms with Gasteiger partial charge in [-0.1, -0.05) is 12.1 Å². The lowest BCUT2D eigenvalue weighted by molar-refractivity contribution is 0.102. The Morgan fingerprint density at radius 3 is 2.65 bits per heavy atom. The van der Waals surface area contributed by atoms with E-state index in [4.69, 9.17) is 5.73 Å². The van der Waals surface area contributed by atoms with Crippen molar-refractivity contribution in [1.29, 1.82) is 0 Å². The molecule has 0 aliphatic heterocycles. The largest absolute Gasteiger partial charge is 0.326 e. The Balaban J connectivity index is 2.19. The van der Waals surface area contributed by atoms with Gasteiger partial charge in [-0.2, -0.15) is 0 Å². The highest BCUT2D eigenvalue weighted by atomic mass is 127. The summed E-state index contributed by atoms with van der Waals surface area (Å²) in [4.78, 5) is 12.0. The molecule has 0 fully saturated rings. The molecule has 0 atom stereocenters. The highest BCUT2D eigenvalue weighted by Gasteiger charge is 2.09. The van der Waals surface area contributed by atoms with Gasteiger partial charge >= 0.3 is 0 Å². The Bertz CT molecular complexity index is 658. The number of carbonyl (C=O) groups excluding carboxylic acids is 1. The predicted molar refractivity (Wildman–Crippen MR) is 86.1 cm³/mol. The molecule has 2 aromatic rings. The first-order valence-corrected chi connectivity index (χ1v) is 7.15. The standard InChI is InChI=1S/C15H14FIN2O/c1-9-2-3-10(6-13(9)16)15(20)19-12-5-4-11(8-18)14(17)7-12/h2-7H,8,18H2,1H3,(H,19,20). The number of anilines is 1. The van der Waals surface area contributed by atoms with E-state index in [0.29, 0.717) is 23.4 Å². The van der Waals surface area contributed by atoms with E-state index in [0.717, 1.165) is 9.13 Å². The third-order valence-corrected chi connectivity index (χ3v) is 3.97. The number of aryl methyl sites for hydroxylation is 1. The van der Waals surface area contributed by atoms with Crippen molar-refractivity contribution < 1.29 is 9.18 Å². The molecule has 3 N–H and O–H groups in total. The molecule has 2 rings (SSSR count). The molecule has 2 aromatic carbocycles. The molecule has 0 saturated heterocycles. The quantitative estimate of drug-likeness (QED) is 0.797. The van der Waals surface area contributed by atoms with Crippen LogP contribution in [0.3, 0.4) is 0 Å². The molecule has 0 radical (unpaired) electrons. The lowest BCUT2D eigenvalue weighted by Gasteiger charge is -2.08. The van der Waals surface area contributed by atoms with E-state index in [-0.39, 0.29) is 11.7 Å². The molecule has 3 nitrogen and oxygen atoms in total. The molecule has 5 heteroatoms. The second-order valence-corrected chi connectivity index (χ2v) is 5.59. The van der Waals surface area contributed by atoms with E-state index in [1.165, 1.54) is 6.07 Å². The van der Waals surface area contributed by atoms with Gasteiger partial charge in [0.25, 0.3) is 5.91 Å². The van der Waals surface area contributed by atoms with Gasteiger partial charge in [0.15, 0.2) is 0 Å². The maximum atomic E-state index is 13.4. The van der Waals surface area contributed by atoms with Gasteiger partial charge in [-0.25, -0.2) is 4.39 Å². The van der Waals surface area contributed by atoms with Crippen LogP contribution < -0.4 is 11.1 Å². The summed E-state index contributed by atoms with van der Waals surface area (Å²) in [6.07, 6.45) is 0. The van der Waals surface area contributed by atoms with Crippen molar-refractivity contribution in [2.24, 2.45) is 5.73 Å². The monoisotopic (exact) mass is 384 g/mol. The molecular formula is C15H14FIN2O. The van der Waals surface area contributed by atoms with Gasteiger partial charge in [-0.15, -0.1) is 0 Å². The Morgan fingerprint density at radius 2 is 2.05 bits per heavy atom. The van der Waals surface area contributed by atoms with E-state index in [1.54, 1.807) is 25.1 Å². The van der Waals surface area contributed by atoms with Gasteiger partial charge in [0, 0.05) is 21.4 Å². The van der Waals surface area contributed by atoms with Crippen LogP contribution in [-0.4, -0.2) is 5.91 Å². The second kappa shape index (κ2) is 6.32. The van der Waals surface area contributed by atoms with Crippen LogP contribution >= 0.6 is 22.6 Å². The number of hydrogen-bond donors (Lipinski definition) is 2. The molecule has 0 aliphatic rings. The number of rotatable bonds is 3. The second-order valence-electron chi connectivity index (χ2n) is 4.43. The molecular weight excluding hydrogens is 370 g/mol. The van der Waals surface area contributed by atoms with Crippen molar-refractivity contribution in [3.05, 3.63) is 62.5 Å². The summed E-state index contributed by atoms with van der Waals surface area (Å²) in [6.45, 7) is 2.11. The van der Waals surface area contributed by atoms with Gasteiger partial charge in [0.1, 0.15) is 5.82 Å². The third-order valence-electron chi connectivity index (χ3n) is 2.96. The fourth-order valence-corrected chi connectivity index (χ4v) is 2.46. The number of benzene rings is 2. The van der Waals surface area contributed by atoms with Crippen LogP contribution in [0.15, 0.2) is 36.4 Å². The van der Waals surface area contributed by atoms with E-state index in [9.17, 15) is 9.18 Å². The third kappa shape index (κ3) is 3.34. The van der Waals surface area contributed by atoms with Gasteiger partial charge < -0.3 is 11.1 Å². The minimum absolute atomic E-state index is 0.297. The van der Waals surface area contributed by atoms with Gasteiger partial charge in [0.05, 0.1) is 0 Å². The first-order valence-electron chi connectivity index (χ1n) is 6.07. The van der Waals surface area contributed by atoms with Crippen molar-refractivity contribution in [3.63, 3.8) is 0 Å². The first-order chi connectivity index (χ1) is 9.51. The van der Waals surface area contributed by atoms with Crippen molar-refractivity contribution in [1.82, 2.24) is 0 Å². The van der Waals surface area contributed by atoms with Crippen molar-refractivity contribution in [2.45, 2.75) is 13.5 Å². The first kappa shape index (κ1) is 14.9. The Hall–Kier alpha value is -1.47. The van der Waals surface area contributed by atoms with Gasteiger partial charge in [0.2, 0.25) is 0 Å². The average molecular weight is 384 g/mol. The Labute approximate surface area is 130 Å². The maximum Gasteiger partial charge on any atom is 0.255 e. The van der Waals surface area contributed by atoms with Crippen LogP contribution in [0.2, 0.25) is 0 Å². The summed E-state index contributed by atoms with van der Waals surface area (Å²) in [5, 5.41) is 2.75. The molecule has 0 heterocycles. The Morgan fingerprint density at radius 1 is 1.30 bits per heavy atom. The number of hydrogen-bond acceptors (Lipinski definition) is 2. The van der Waals surface area contributed by atoms with Crippen molar-refractivity contribution in [2.75, 3.05) is 5.32 Å². The van der Waals surface area contributed by atoms with E-state index in [2.05, 4.69) is 27.9 Å². The zero-order valence-electron chi connectivity index (χ0n) is 10.9. The minimum atomic E-state index is -0.384. The van der Waals surface area contributed by atoms with Crippen LogP contribution in [0.5, 0.6) is 0 Å². The molecule has 104 valence electrons. The normalized spacial score (nSPS) is 10.4. The van der Waals surface area contributed by atoms with E-state index in [1.807, 2.05) is 12.1 Å². The smallest absolute Gasteiger partial charge is 0.255 e.